The number of hydrogen-bond donors (Lipinski definition) is 1. The van der Waals surface area contributed by atoms with E-state index in [1.54, 1.807) is 25.1 Å². The minimum absolute atomic E-state index is 0.0353. The fourth-order valence-electron chi connectivity index (χ4n) is 2.70. The van der Waals surface area contributed by atoms with Crippen LogP contribution in [0.15, 0.2) is 41.1 Å². The van der Waals surface area contributed by atoms with Crippen molar-refractivity contribution in [1.82, 2.24) is 15.5 Å². The molecule has 0 saturated heterocycles. The zero-order valence-corrected chi connectivity index (χ0v) is 17.6. The van der Waals surface area contributed by atoms with E-state index in [4.69, 9.17) is 27.7 Å². The molecule has 0 radical (unpaired) electrons. The van der Waals surface area contributed by atoms with Gasteiger partial charge in [-0.15, -0.1) is 0 Å². The molecule has 1 amide bonds. The molecule has 0 aliphatic rings. The van der Waals surface area contributed by atoms with Crippen LogP contribution in [-0.2, 0) is 17.8 Å². The summed E-state index contributed by atoms with van der Waals surface area (Å²) in [6.07, 6.45) is -3.15. The van der Waals surface area contributed by atoms with Gasteiger partial charge >= 0.3 is 6.18 Å². The average molecular weight is 474 g/mol. The number of pyridine rings is 1. The summed E-state index contributed by atoms with van der Waals surface area (Å²) >= 11 is 12.5. The number of hydrogen-bond acceptors (Lipinski definition) is 5. The summed E-state index contributed by atoms with van der Waals surface area (Å²) < 4.78 is 46.3. The van der Waals surface area contributed by atoms with Crippen molar-refractivity contribution in [2.24, 2.45) is 0 Å². The number of carbonyl (C=O) groups is 1. The fraction of sp³-hybridized carbons (Fsp3) is 0.250. The Morgan fingerprint density at radius 2 is 1.90 bits per heavy atom. The highest BCUT2D eigenvalue weighted by Crippen LogP contribution is 2.36. The largest absolute Gasteiger partial charge is 0.468 e. The quantitative estimate of drug-likeness (QED) is 0.513. The van der Waals surface area contributed by atoms with Crippen LogP contribution >= 0.6 is 23.2 Å². The molecule has 0 bridgehead atoms. The summed E-state index contributed by atoms with van der Waals surface area (Å²) in [5.41, 5.74) is 1.99. The summed E-state index contributed by atoms with van der Waals surface area (Å²) in [6, 6.07) is 7.83. The molecule has 0 fully saturated rings. The van der Waals surface area contributed by atoms with Gasteiger partial charge in [0, 0.05) is 29.9 Å². The van der Waals surface area contributed by atoms with Crippen molar-refractivity contribution in [1.29, 1.82) is 0 Å². The van der Waals surface area contributed by atoms with Crippen molar-refractivity contribution in [3.63, 3.8) is 0 Å². The van der Waals surface area contributed by atoms with Crippen LogP contribution in [0.2, 0.25) is 10.0 Å². The monoisotopic (exact) mass is 473 g/mol. The Hall–Kier alpha value is -2.78. The predicted octanol–water partition coefficient (Wildman–Crippen LogP) is 5.15. The summed E-state index contributed by atoms with van der Waals surface area (Å²) in [5, 5.41) is 7.46. The molecule has 0 unspecified atom stereocenters. The third kappa shape index (κ3) is 6.11. The molecule has 1 N–H and O–H groups in total. The van der Waals surface area contributed by atoms with E-state index in [9.17, 15) is 18.0 Å². The molecule has 6 nitrogen and oxygen atoms in total. The number of nitrogens with zero attached hydrogens (tertiary/aromatic N) is 2. The second-order valence-electron chi connectivity index (χ2n) is 6.52. The Morgan fingerprint density at radius 3 is 2.52 bits per heavy atom. The summed E-state index contributed by atoms with van der Waals surface area (Å²) in [4.78, 5) is 16.2. The maximum atomic E-state index is 12.5. The van der Waals surface area contributed by atoms with Crippen LogP contribution in [0.3, 0.4) is 0 Å². The molecule has 3 aromatic rings. The predicted molar refractivity (Wildman–Crippen MR) is 108 cm³/mol. The molecule has 0 aliphatic carbocycles. The van der Waals surface area contributed by atoms with Gasteiger partial charge in [0.2, 0.25) is 11.8 Å². The summed E-state index contributed by atoms with van der Waals surface area (Å²) in [7, 11) is 0. The van der Waals surface area contributed by atoms with Gasteiger partial charge in [-0.2, -0.15) is 13.2 Å². The highest BCUT2D eigenvalue weighted by Gasteiger charge is 2.28. The van der Waals surface area contributed by atoms with Crippen LogP contribution in [0.1, 0.15) is 16.9 Å². The Kier molecular flexibility index (Phi) is 7.07. The number of aromatic nitrogens is 2. The van der Waals surface area contributed by atoms with Crippen molar-refractivity contribution in [2.75, 3.05) is 6.61 Å². The first kappa shape index (κ1) is 22.9. The first-order valence-electron chi connectivity index (χ1n) is 8.95. The molecule has 0 spiro atoms. The first-order valence-corrected chi connectivity index (χ1v) is 9.70. The first-order chi connectivity index (χ1) is 14.6. The molecule has 2 heterocycles. The van der Waals surface area contributed by atoms with Crippen LogP contribution in [0.25, 0.3) is 11.3 Å². The molecular weight excluding hydrogens is 458 g/mol. The zero-order chi connectivity index (χ0) is 22.6. The van der Waals surface area contributed by atoms with E-state index in [-0.39, 0.29) is 24.8 Å². The molecular formula is C20H16Cl2F3N3O3. The number of benzene rings is 1. The van der Waals surface area contributed by atoms with Crippen LogP contribution in [0, 0.1) is 6.92 Å². The lowest BCUT2D eigenvalue weighted by molar-refractivity contribution is -0.154. The van der Waals surface area contributed by atoms with Crippen LogP contribution in [-0.4, -0.2) is 28.8 Å². The lowest BCUT2D eigenvalue weighted by Crippen LogP contribution is -2.25. The van der Waals surface area contributed by atoms with Crippen molar-refractivity contribution in [2.45, 2.75) is 26.1 Å². The third-order valence-electron chi connectivity index (χ3n) is 4.19. The number of alkyl halides is 3. The van der Waals surface area contributed by atoms with E-state index >= 15 is 0 Å². The van der Waals surface area contributed by atoms with E-state index < -0.39 is 12.8 Å². The standard InChI is InChI=1S/C20H16Cl2F3N3O3/c1-11-13(19(28-31-11)18-14(21)3-2-4-15(18)22)7-16(29)26-8-12-5-6-17(27-9-12)30-10-20(23,24)25/h2-6,9H,7-8,10H2,1H3,(H,26,29). The number of rotatable bonds is 7. The number of ether oxygens (including phenoxy) is 1. The van der Waals surface area contributed by atoms with Crippen molar-refractivity contribution in [3.05, 3.63) is 63.5 Å². The number of carbonyl (C=O) groups excluding carboxylic acids is 1. The van der Waals surface area contributed by atoms with Gasteiger partial charge in [0.15, 0.2) is 6.61 Å². The van der Waals surface area contributed by atoms with Gasteiger partial charge in [-0.05, 0) is 24.6 Å². The van der Waals surface area contributed by atoms with Crippen LogP contribution < -0.4 is 10.1 Å². The molecule has 31 heavy (non-hydrogen) atoms. The number of amides is 1. The summed E-state index contributed by atoms with van der Waals surface area (Å²) in [5.74, 6) is -0.0316. The highest BCUT2D eigenvalue weighted by atomic mass is 35.5. The van der Waals surface area contributed by atoms with Gasteiger partial charge in [0.1, 0.15) is 11.5 Å². The van der Waals surface area contributed by atoms with E-state index in [1.807, 2.05) is 0 Å². The van der Waals surface area contributed by atoms with Crippen LogP contribution in [0.4, 0.5) is 13.2 Å². The Balaban J connectivity index is 1.63. The Bertz CT molecular complexity index is 1050. The van der Waals surface area contributed by atoms with Gasteiger partial charge < -0.3 is 14.6 Å². The lowest BCUT2D eigenvalue weighted by atomic mass is 10.0. The molecule has 1 aromatic carbocycles. The van der Waals surface area contributed by atoms with E-state index in [2.05, 4.69) is 20.2 Å². The Labute approximate surface area is 185 Å². The molecule has 0 saturated carbocycles. The normalized spacial score (nSPS) is 11.4. The molecule has 2 aromatic heterocycles. The van der Waals surface area contributed by atoms with Crippen molar-refractivity contribution < 1.29 is 27.2 Å². The van der Waals surface area contributed by atoms with Crippen LogP contribution in [0.5, 0.6) is 5.88 Å². The molecule has 0 aliphatic heterocycles. The van der Waals surface area contributed by atoms with E-state index in [1.165, 1.54) is 18.3 Å². The summed E-state index contributed by atoms with van der Waals surface area (Å²) in [6.45, 7) is 0.372. The second kappa shape index (κ2) is 9.57. The van der Waals surface area contributed by atoms with Gasteiger partial charge in [-0.25, -0.2) is 4.98 Å². The van der Waals surface area contributed by atoms with Gasteiger partial charge in [0.25, 0.3) is 0 Å². The SMILES string of the molecule is Cc1onc(-c2c(Cl)cccc2Cl)c1CC(=O)NCc1ccc(OCC(F)(F)F)nc1. The molecule has 3 rings (SSSR count). The van der Waals surface area contributed by atoms with Gasteiger partial charge in [-0.3, -0.25) is 4.79 Å². The maximum Gasteiger partial charge on any atom is 0.422 e. The highest BCUT2D eigenvalue weighted by molar-refractivity contribution is 6.39. The van der Waals surface area contributed by atoms with Gasteiger partial charge in [0.05, 0.1) is 16.5 Å². The van der Waals surface area contributed by atoms with Crippen molar-refractivity contribution >= 4 is 29.1 Å². The zero-order valence-electron chi connectivity index (χ0n) is 16.1. The minimum atomic E-state index is -4.44. The topological polar surface area (TPSA) is 77.2 Å². The Morgan fingerprint density at radius 1 is 1.19 bits per heavy atom. The van der Waals surface area contributed by atoms with E-state index in [0.717, 1.165) is 0 Å². The van der Waals surface area contributed by atoms with Crippen molar-refractivity contribution in [3.8, 4) is 17.1 Å². The van der Waals surface area contributed by atoms with E-state index in [0.29, 0.717) is 38.2 Å². The van der Waals surface area contributed by atoms with Gasteiger partial charge in [-0.1, -0.05) is 40.5 Å². The number of nitrogens with one attached hydrogen (secondary N) is 1. The lowest BCUT2D eigenvalue weighted by Gasteiger charge is -2.09. The smallest absolute Gasteiger partial charge is 0.422 e. The third-order valence-corrected chi connectivity index (χ3v) is 4.82. The number of aryl methyl sites for hydroxylation is 1. The molecule has 164 valence electrons. The second-order valence-corrected chi connectivity index (χ2v) is 7.34. The molecule has 0 atom stereocenters. The maximum absolute atomic E-state index is 12.5. The number of halogens is 5. The fourth-order valence-corrected chi connectivity index (χ4v) is 3.28. The minimum Gasteiger partial charge on any atom is -0.468 e. The molecule has 11 heteroatoms. The average Bonchev–Trinajstić information content (AvgIpc) is 3.05.